The number of carbonyl (C=O) groups is 1. The minimum atomic E-state index is -0.391. The molecule has 2 rings (SSSR count). The second-order valence-electron chi connectivity index (χ2n) is 4.06. The van der Waals surface area contributed by atoms with E-state index in [9.17, 15) is 9.18 Å². The van der Waals surface area contributed by atoms with Gasteiger partial charge in [0.2, 0.25) is 0 Å². The van der Waals surface area contributed by atoms with Crippen LogP contribution >= 0.6 is 0 Å². The molecule has 0 unspecified atom stereocenters. The molecule has 0 aromatic heterocycles. The lowest BCUT2D eigenvalue weighted by Crippen LogP contribution is -2.29. The molecule has 0 saturated heterocycles. The first-order valence-electron chi connectivity index (χ1n) is 5.38. The van der Waals surface area contributed by atoms with Crippen molar-refractivity contribution in [2.75, 3.05) is 19.4 Å². The van der Waals surface area contributed by atoms with Crippen molar-refractivity contribution in [2.45, 2.75) is 18.9 Å². The Morgan fingerprint density at radius 1 is 1.50 bits per heavy atom. The van der Waals surface area contributed by atoms with Crippen LogP contribution in [0.5, 0.6) is 0 Å². The molecule has 1 aromatic carbocycles. The molecule has 3 nitrogen and oxygen atoms in total. The Bertz CT molecular complexity index is 415. The lowest BCUT2D eigenvalue weighted by Gasteiger charge is -2.18. The van der Waals surface area contributed by atoms with Crippen LogP contribution in [0.4, 0.5) is 10.1 Å². The fourth-order valence-electron chi connectivity index (χ4n) is 1.77. The molecule has 1 saturated carbocycles. The third-order valence-electron chi connectivity index (χ3n) is 2.91. The van der Waals surface area contributed by atoms with Crippen molar-refractivity contribution < 1.29 is 9.18 Å². The van der Waals surface area contributed by atoms with Crippen molar-refractivity contribution in [1.82, 2.24) is 4.90 Å². The highest BCUT2D eigenvalue weighted by molar-refractivity contribution is 5.99. The van der Waals surface area contributed by atoms with E-state index in [1.54, 1.807) is 31.1 Å². The van der Waals surface area contributed by atoms with Crippen LogP contribution in [0.25, 0.3) is 0 Å². The minimum Gasteiger partial charge on any atom is -0.385 e. The Hall–Kier alpha value is -1.58. The summed E-state index contributed by atoms with van der Waals surface area (Å²) >= 11 is 0. The van der Waals surface area contributed by atoms with Crippen molar-refractivity contribution >= 4 is 11.6 Å². The maximum absolute atomic E-state index is 13.5. The second kappa shape index (κ2) is 4.12. The van der Waals surface area contributed by atoms with Crippen LogP contribution in [-0.4, -0.2) is 30.9 Å². The monoisotopic (exact) mass is 222 g/mol. The molecule has 0 spiro atoms. The zero-order valence-electron chi connectivity index (χ0n) is 9.46. The number of hydrogen-bond acceptors (Lipinski definition) is 2. The Balaban J connectivity index is 2.31. The van der Waals surface area contributed by atoms with Gasteiger partial charge < -0.3 is 10.2 Å². The fourth-order valence-corrected chi connectivity index (χ4v) is 1.77. The maximum Gasteiger partial charge on any atom is 0.256 e. The number of para-hydroxylation sites is 1. The number of hydrogen-bond donors (Lipinski definition) is 1. The summed E-state index contributed by atoms with van der Waals surface area (Å²) in [6.07, 6.45) is 2.10. The summed E-state index contributed by atoms with van der Waals surface area (Å²) < 4.78 is 13.5. The predicted octanol–water partition coefficient (Wildman–Crippen LogP) is 2.10. The third-order valence-corrected chi connectivity index (χ3v) is 2.91. The third kappa shape index (κ3) is 1.87. The molecule has 1 fully saturated rings. The number of halogens is 1. The van der Waals surface area contributed by atoms with Crippen molar-refractivity contribution in [3.8, 4) is 0 Å². The van der Waals surface area contributed by atoms with Crippen LogP contribution in [0, 0.1) is 5.82 Å². The van der Waals surface area contributed by atoms with Gasteiger partial charge in [0.05, 0.1) is 11.3 Å². The number of nitrogens with zero attached hydrogens (tertiary/aromatic N) is 1. The van der Waals surface area contributed by atoms with Gasteiger partial charge in [-0.25, -0.2) is 4.39 Å². The molecule has 1 aliphatic rings. The van der Waals surface area contributed by atoms with E-state index in [-0.39, 0.29) is 11.6 Å². The standard InChI is InChI=1S/C12H15FN2O/c1-14-11-9(4-3-5-10(11)13)12(16)15(2)8-6-7-8/h3-5,8,14H,6-7H2,1-2H3. The summed E-state index contributed by atoms with van der Waals surface area (Å²) in [6.45, 7) is 0. The van der Waals surface area contributed by atoms with Gasteiger partial charge in [-0.15, -0.1) is 0 Å². The first kappa shape index (κ1) is 10.9. The summed E-state index contributed by atoms with van der Waals surface area (Å²) in [5, 5.41) is 2.74. The van der Waals surface area contributed by atoms with Gasteiger partial charge in [-0.05, 0) is 25.0 Å². The Morgan fingerprint density at radius 3 is 2.75 bits per heavy atom. The number of amides is 1. The maximum atomic E-state index is 13.5. The highest BCUT2D eigenvalue weighted by Crippen LogP contribution is 2.28. The van der Waals surface area contributed by atoms with Crippen LogP contribution in [0.3, 0.4) is 0 Å². The van der Waals surface area contributed by atoms with E-state index in [0.29, 0.717) is 11.6 Å². The van der Waals surface area contributed by atoms with Gasteiger partial charge in [-0.1, -0.05) is 6.07 Å². The number of benzene rings is 1. The molecule has 0 bridgehead atoms. The van der Waals surface area contributed by atoms with Crippen LogP contribution in [0.15, 0.2) is 18.2 Å². The van der Waals surface area contributed by atoms with Crippen molar-refractivity contribution in [3.05, 3.63) is 29.6 Å². The van der Waals surface area contributed by atoms with Crippen LogP contribution in [-0.2, 0) is 0 Å². The molecule has 0 heterocycles. The number of rotatable bonds is 3. The van der Waals surface area contributed by atoms with Crippen molar-refractivity contribution in [1.29, 1.82) is 0 Å². The number of nitrogens with one attached hydrogen (secondary N) is 1. The number of anilines is 1. The molecule has 16 heavy (non-hydrogen) atoms. The Morgan fingerprint density at radius 2 is 2.19 bits per heavy atom. The Kier molecular flexibility index (Phi) is 2.81. The van der Waals surface area contributed by atoms with E-state index in [1.807, 2.05) is 0 Å². The lowest BCUT2D eigenvalue weighted by atomic mass is 10.1. The van der Waals surface area contributed by atoms with Crippen LogP contribution in [0.1, 0.15) is 23.2 Å². The quantitative estimate of drug-likeness (QED) is 0.849. The Labute approximate surface area is 94.3 Å². The predicted molar refractivity (Wildman–Crippen MR) is 61.1 cm³/mol. The lowest BCUT2D eigenvalue weighted by molar-refractivity contribution is 0.0785. The van der Waals surface area contributed by atoms with Gasteiger partial charge in [0.1, 0.15) is 5.82 Å². The smallest absolute Gasteiger partial charge is 0.256 e. The molecule has 86 valence electrons. The van der Waals surface area contributed by atoms with E-state index >= 15 is 0 Å². The number of carbonyl (C=O) groups excluding carboxylic acids is 1. The zero-order chi connectivity index (χ0) is 11.7. The topological polar surface area (TPSA) is 32.3 Å². The van der Waals surface area contributed by atoms with E-state index in [4.69, 9.17) is 0 Å². The summed E-state index contributed by atoms with van der Waals surface area (Å²) in [7, 11) is 3.39. The van der Waals surface area contributed by atoms with E-state index in [1.165, 1.54) is 6.07 Å². The average Bonchev–Trinajstić information content (AvgIpc) is 3.10. The van der Waals surface area contributed by atoms with Crippen molar-refractivity contribution in [3.63, 3.8) is 0 Å². The van der Waals surface area contributed by atoms with Gasteiger partial charge in [-0.2, -0.15) is 0 Å². The molecule has 1 aliphatic carbocycles. The van der Waals surface area contributed by atoms with Crippen molar-refractivity contribution in [2.24, 2.45) is 0 Å². The van der Waals surface area contributed by atoms with Crippen LogP contribution in [0.2, 0.25) is 0 Å². The molecule has 0 aliphatic heterocycles. The van der Waals surface area contributed by atoms with Crippen LogP contribution < -0.4 is 5.32 Å². The SMILES string of the molecule is CNc1c(F)cccc1C(=O)N(C)C1CC1. The van der Waals surface area contributed by atoms with Gasteiger partial charge in [0.25, 0.3) is 5.91 Å². The van der Waals surface area contributed by atoms with Gasteiger partial charge in [-0.3, -0.25) is 4.79 Å². The summed E-state index contributed by atoms with van der Waals surface area (Å²) in [5.41, 5.74) is 0.678. The summed E-state index contributed by atoms with van der Waals surface area (Å²) in [5.74, 6) is -0.510. The second-order valence-corrected chi connectivity index (χ2v) is 4.06. The first-order valence-corrected chi connectivity index (χ1v) is 5.38. The summed E-state index contributed by atoms with van der Waals surface area (Å²) in [4.78, 5) is 13.8. The average molecular weight is 222 g/mol. The van der Waals surface area contributed by atoms with Gasteiger partial charge in [0.15, 0.2) is 0 Å². The van der Waals surface area contributed by atoms with Gasteiger partial charge in [0, 0.05) is 20.1 Å². The molecule has 1 N–H and O–H groups in total. The summed E-state index contributed by atoms with van der Waals surface area (Å²) in [6, 6.07) is 4.89. The van der Waals surface area contributed by atoms with E-state index < -0.39 is 5.82 Å². The normalized spacial score (nSPS) is 14.7. The fraction of sp³-hybridized carbons (Fsp3) is 0.417. The van der Waals surface area contributed by atoms with Gasteiger partial charge >= 0.3 is 0 Å². The highest BCUT2D eigenvalue weighted by Gasteiger charge is 2.31. The molecular weight excluding hydrogens is 207 g/mol. The molecule has 4 heteroatoms. The minimum absolute atomic E-state index is 0.119. The molecule has 0 radical (unpaired) electrons. The molecule has 1 aromatic rings. The molecule has 0 atom stereocenters. The molecular formula is C12H15FN2O. The zero-order valence-corrected chi connectivity index (χ0v) is 9.46. The largest absolute Gasteiger partial charge is 0.385 e. The highest BCUT2D eigenvalue weighted by atomic mass is 19.1. The molecule has 1 amide bonds. The first-order chi connectivity index (χ1) is 7.65. The van der Waals surface area contributed by atoms with E-state index in [2.05, 4.69) is 5.32 Å². The van der Waals surface area contributed by atoms with E-state index in [0.717, 1.165) is 12.8 Å².